The minimum Gasteiger partial charge on any atom is -0.480 e. The molecule has 112 valence electrons. The molecule has 2 rings (SSSR count). The molecule has 0 bridgehead atoms. The van der Waals surface area contributed by atoms with Crippen molar-refractivity contribution in [3.63, 3.8) is 0 Å². The van der Waals surface area contributed by atoms with Gasteiger partial charge in [-0.3, -0.25) is 4.79 Å². The highest BCUT2D eigenvalue weighted by Crippen LogP contribution is 2.18. The van der Waals surface area contributed by atoms with Gasteiger partial charge in [-0.1, -0.05) is 0 Å². The number of rotatable bonds is 3. The van der Waals surface area contributed by atoms with Gasteiger partial charge in [-0.15, -0.1) is 0 Å². The van der Waals surface area contributed by atoms with Crippen LogP contribution in [0.25, 0.3) is 0 Å². The van der Waals surface area contributed by atoms with Crippen LogP contribution in [0.15, 0.2) is 0 Å². The molecule has 2 fully saturated rings. The van der Waals surface area contributed by atoms with Crippen LogP contribution in [0.4, 0.5) is 4.79 Å². The van der Waals surface area contributed by atoms with Crippen LogP contribution in [0.3, 0.4) is 0 Å². The zero-order valence-electron chi connectivity index (χ0n) is 11.1. The summed E-state index contributed by atoms with van der Waals surface area (Å²) in [5.41, 5.74) is 0. The number of carboxylic acids is 1. The lowest BCUT2D eigenvalue weighted by Crippen LogP contribution is -2.48. The molecule has 0 unspecified atom stereocenters. The zero-order valence-corrected chi connectivity index (χ0v) is 11.1. The van der Waals surface area contributed by atoms with Crippen molar-refractivity contribution in [2.24, 2.45) is 0 Å². The molecule has 2 aliphatic heterocycles. The molecule has 3 amide bonds. The van der Waals surface area contributed by atoms with Crippen molar-refractivity contribution in [3.8, 4) is 0 Å². The maximum Gasteiger partial charge on any atom is 0.326 e. The van der Waals surface area contributed by atoms with Crippen molar-refractivity contribution >= 4 is 17.9 Å². The third-order valence-electron chi connectivity index (χ3n) is 3.67. The number of amides is 3. The second-order valence-corrected chi connectivity index (χ2v) is 5.14. The molecule has 2 saturated heterocycles. The number of β-amino-alcohol motifs (C(OH)–C–C–N with tert-alkyl or cyclic N) is 1. The third-order valence-corrected chi connectivity index (χ3v) is 3.67. The number of hydrogen-bond donors (Lipinski definition) is 3. The molecule has 0 saturated carbocycles. The van der Waals surface area contributed by atoms with Crippen LogP contribution in [-0.2, 0) is 9.59 Å². The largest absolute Gasteiger partial charge is 0.480 e. The van der Waals surface area contributed by atoms with E-state index in [0.717, 1.165) is 17.7 Å². The van der Waals surface area contributed by atoms with Gasteiger partial charge in [0.1, 0.15) is 6.04 Å². The molecule has 20 heavy (non-hydrogen) atoms. The summed E-state index contributed by atoms with van der Waals surface area (Å²) in [5.74, 6) is -1.31. The van der Waals surface area contributed by atoms with Crippen LogP contribution < -0.4 is 5.32 Å². The van der Waals surface area contributed by atoms with Crippen LogP contribution in [0.1, 0.15) is 19.3 Å². The average Bonchev–Trinajstić information content (AvgIpc) is 3.04. The van der Waals surface area contributed by atoms with Gasteiger partial charge in [0.25, 0.3) is 0 Å². The second kappa shape index (κ2) is 6.08. The number of urea groups is 1. The Labute approximate surface area is 116 Å². The van der Waals surface area contributed by atoms with E-state index in [2.05, 4.69) is 5.32 Å². The topological polar surface area (TPSA) is 110 Å². The van der Waals surface area contributed by atoms with E-state index in [0.29, 0.717) is 13.1 Å². The maximum absolute atomic E-state index is 11.9. The van der Waals surface area contributed by atoms with E-state index in [1.54, 1.807) is 4.90 Å². The maximum atomic E-state index is 11.9. The zero-order chi connectivity index (χ0) is 14.7. The predicted octanol–water partition coefficient (Wildman–Crippen LogP) is -1.16. The highest BCUT2D eigenvalue weighted by atomic mass is 16.4. The van der Waals surface area contributed by atoms with E-state index < -0.39 is 24.1 Å². The van der Waals surface area contributed by atoms with Crippen LogP contribution in [0, 0.1) is 0 Å². The van der Waals surface area contributed by atoms with Crippen LogP contribution >= 0.6 is 0 Å². The number of aliphatic hydroxyl groups is 1. The van der Waals surface area contributed by atoms with Crippen molar-refractivity contribution < 1.29 is 24.6 Å². The number of carbonyl (C=O) groups excluding carboxylic acids is 2. The molecule has 3 N–H and O–H groups in total. The number of nitrogens with zero attached hydrogens (tertiary/aromatic N) is 2. The smallest absolute Gasteiger partial charge is 0.326 e. The van der Waals surface area contributed by atoms with Crippen LogP contribution in [0.5, 0.6) is 0 Å². The fraction of sp³-hybridized carbons (Fsp3) is 0.750. The Balaban J connectivity index is 1.84. The van der Waals surface area contributed by atoms with E-state index in [1.807, 2.05) is 0 Å². The molecule has 0 radical (unpaired) electrons. The van der Waals surface area contributed by atoms with Gasteiger partial charge in [0.2, 0.25) is 5.91 Å². The van der Waals surface area contributed by atoms with E-state index in [1.165, 1.54) is 0 Å². The fourth-order valence-electron chi connectivity index (χ4n) is 2.60. The molecule has 2 aliphatic rings. The van der Waals surface area contributed by atoms with E-state index >= 15 is 0 Å². The minimum absolute atomic E-state index is 0.0167. The first kappa shape index (κ1) is 14.6. The number of nitrogens with one attached hydrogen (secondary N) is 1. The Morgan fingerprint density at radius 2 is 1.85 bits per heavy atom. The summed E-state index contributed by atoms with van der Waals surface area (Å²) in [4.78, 5) is 37.4. The van der Waals surface area contributed by atoms with Crippen molar-refractivity contribution in [1.29, 1.82) is 0 Å². The summed E-state index contributed by atoms with van der Waals surface area (Å²) in [6, 6.07) is -1.66. The Morgan fingerprint density at radius 3 is 2.45 bits per heavy atom. The molecular weight excluding hydrogens is 266 g/mol. The van der Waals surface area contributed by atoms with Gasteiger partial charge >= 0.3 is 12.0 Å². The first-order valence-electron chi connectivity index (χ1n) is 6.72. The molecule has 0 spiro atoms. The Kier molecular flexibility index (Phi) is 4.43. The lowest BCUT2D eigenvalue weighted by molar-refractivity contribution is -0.141. The van der Waals surface area contributed by atoms with Crippen LogP contribution in [-0.4, -0.2) is 76.2 Å². The van der Waals surface area contributed by atoms with Gasteiger partial charge in [-0.25, -0.2) is 9.59 Å². The van der Waals surface area contributed by atoms with Gasteiger partial charge in [-0.05, 0) is 12.8 Å². The summed E-state index contributed by atoms with van der Waals surface area (Å²) in [5, 5.41) is 20.9. The molecule has 8 heteroatoms. The normalized spacial score (nSPS) is 25.9. The van der Waals surface area contributed by atoms with Gasteiger partial charge in [0.15, 0.2) is 0 Å². The monoisotopic (exact) mass is 285 g/mol. The summed E-state index contributed by atoms with van der Waals surface area (Å²) < 4.78 is 0. The summed E-state index contributed by atoms with van der Waals surface area (Å²) in [6.45, 7) is 1.24. The lowest BCUT2D eigenvalue weighted by atomic mass is 10.2. The quantitative estimate of drug-likeness (QED) is 0.606. The van der Waals surface area contributed by atoms with Gasteiger partial charge in [0.05, 0.1) is 12.6 Å². The average molecular weight is 285 g/mol. The fourth-order valence-corrected chi connectivity index (χ4v) is 2.60. The van der Waals surface area contributed by atoms with Crippen molar-refractivity contribution in [3.05, 3.63) is 0 Å². The van der Waals surface area contributed by atoms with Gasteiger partial charge in [0, 0.05) is 26.1 Å². The van der Waals surface area contributed by atoms with Crippen molar-refractivity contribution in [2.45, 2.75) is 31.4 Å². The number of carbonyl (C=O) groups is 3. The third kappa shape index (κ3) is 3.19. The number of hydrogen-bond acceptors (Lipinski definition) is 4. The van der Waals surface area contributed by atoms with E-state index in [4.69, 9.17) is 5.11 Å². The molecule has 0 aromatic carbocycles. The molecule has 0 aromatic heterocycles. The van der Waals surface area contributed by atoms with Crippen molar-refractivity contribution in [2.75, 3.05) is 26.2 Å². The highest BCUT2D eigenvalue weighted by molar-refractivity contribution is 5.87. The SMILES string of the molecule is O=C(O)[C@H]1C[C@@H](O)CN1C(=O)NCC(=O)N1CCCC1. The Bertz CT molecular complexity index is 408. The predicted molar refractivity (Wildman–Crippen MR) is 68.0 cm³/mol. The van der Waals surface area contributed by atoms with Gasteiger partial charge in [-0.2, -0.15) is 0 Å². The van der Waals surface area contributed by atoms with Gasteiger partial charge < -0.3 is 25.3 Å². The van der Waals surface area contributed by atoms with E-state index in [-0.39, 0.29) is 25.4 Å². The Hall–Kier alpha value is -1.83. The molecular formula is C12H19N3O5. The molecule has 2 atom stereocenters. The van der Waals surface area contributed by atoms with Crippen LogP contribution in [0.2, 0.25) is 0 Å². The second-order valence-electron chi connectivity index (χ2n) is 5.14. The lowest BCUT2D eigenvalue weighted by Gasteiger charge is -2.22. The highest BCUT2D eigenvalue weighted by Gasteiger charge is 2.39. The molecule has 2 heterocycles. The molecule has 0 aromatic rings. The minimum atomic E-state index is -1.15. The summed E-state index contributed by atoms with van der Waals surface area (Å²) >= 11 is 0. The first-order chi connectivity index (χ1) is 9.49. The summed E-state index contributed by atoms with van der Waals surface area (Å²) in [7, 11) is 0. The number of likely N-dealkylation sites (tertiary alicyclic amines) is 2. The standard InChI is InChI=1S/C12H19N3O5/c16-8-5-9(11(18)19)15(7-8)12(20)13-6-10(17)14-3-1-2-4-14/h8-9,16H,1-7H2,(H,13,20)(H,18,19)/t8-,9-/m1/s1. The first-order valence-corrected chi connectivity index (χ1v) is 6.72. The number of carboxylic acid groups (broad SMARTS) is 1. The molecule has 8 nitrogen and oxygen atoms in total. The van der Waals surface area contributed by atoms with Crippen molar-refractivity contribution in [1.82, 2.24) is 15.1 Å². The number of aliphatic carboxylic acids is 1. The Morgan fingerprint density at radius 1 is 1.20 bits per heavy atom. The number of aliphatic hydroxyl groups excluding tert-OH is 1. The summed E-state index contributed by atoms with van der Waals surface area (Å²) in [6.07, 6.45) is 1.12. The van der Waals surface area contributed by atoms with E-state index in [9.17, 15) is 19.5 Å². The molecule has 0 aliphatic carbocycles.